The van der Waals surface area contributed by atoms with Crippen LogP contribution in [-0.4, -0.2) is 18.8 Å². The average Bonchev–Trinajstić information content (AvgIpc) is 2.18. The Bertz CT molecular complexity index is 388. The summed E-state index contributed by atoms with van der Waals surface area (Å²) in [4.78, 5) is 0. The highest BCUT2D eigenvalue weighted by atomic mass is 19.4. The zero-order valence-corrected chi connectivity index (χ0v) is 8.38. The molecule has 18 heavy (non-hydrogen) atoms. The zero-order valence-electron chi connectivity index (χ0n) is 8.38. The normalized spacial score (nSPS) is 14.3. The molecular formula is C9H5F6O3. The molecule has 0 aliphatic heterocycles. The fraction of sp³-hybridized carbons (Fsp3) is 0.333. The molecule has 0 spiro atoms. The summed E-state index contributed by atoms with van der Waals surface area (Å²) in [5.41, 5.74) is 0. The van der Waals surface area contributed by atoms with Crippen molar-refractivity contribution in [3.8, 4) is 11.5 Å². The summed E-state index contributed by atoms with van der Waals surface area (Å²) >= 11 is 0. The maximum absolute atomic E-state index is 12.8. The summed E-state index contributed by atoms with van der Waals surface area (Å²) in [6.45, 7) is 0. The highest BCUT2D eigenvalue weighted by molar-refractivity contribution is 5.30. The van der Waals surface area contributed by atoms with Crippen LogP contribution in [0.25, 0.3) is 0 Å². The lowest BCUT2D eigenvalue weighted by molar-refractivity contribution is -0.411. The Hall–Kier alpha value is -1.64. The van der Waals surface area contributed by atoms with Gasteiger partial charge in [-0.05, 0) is 24.3 Å². The lowest BCUT2D eigenvalue weighted by atomic mass is 10.3. The van der Waals surface area contributed by atoms with Crippen molar-refractivity contribution in [3.05, 3.63) is 24.3 Å². The second-order valence-corrected chi connectivity index (χ2v) is 3.01. The van der Waals surface area contributed by atoms with Gasteiger partial charge in [-0.3, -0.25) is 5.11 Å². The molecule has 1 aromatic carbocycles. The molecule has 3 nitrogen and oxygen atoms in total. The first-order chi connectivity index (χ1) is 8.10. The van der Waals surface area contributed by atoms with Gasteiger partial charge in [0.05, 0.1) is 0 Å². The number of rotatable bonds is 4. The van der Waals surface area contributed by atoms with Gasteiger partial charge < -0.3 is 4.74 Å². The highest BCUT2D eigenvalue weighted by Gasteiger charge is 2.50. The maximum atomic E-state index is 12.8. The third-order valence-electron chi connectivity index (χ3n) is 1.58. The quantitative estimate of drug-likeness (QED) is 0.787. The van der Waals surface area contributed by atoms with E-state index in [9.17, 15) is 31.4 Å². The third kappa shape index (κ3) is 4.32. The Morgan fingerprint density at radius 1 is 1.00 bits per heavy atom. The van der Waals surface area contributed by atoms with Gasteiger partial charge in [0.25, 0.3) is 0 Å². The first-order valence-electron chi connectivity index (χ1n) is 4.33. The fourth-order valence-corrected chi connectivity index (χ4v) is 0.897. The summed E-state index contributed by atoms with van der Waals surface area (Å²) in [7, 11) is 0. The number of ether oxygens (including phenoxy) is 2. The van der Waals surface area contributed by atoms with E-state index in [1.165, 1.54) is 0 Å². The average molecular weight is 275 g/mol. The van der Waals surface area contributed by atoms with Gasteiger partial charge >= 0.3 is 18.8 Å². The molecule has 0 N–H and O–H groups in total. The minimum Gasteiger partial charge on any atom is -0.429 e. The van der Waals surface area contributed by atoms with E-state index in [1.54, 1.807) is 0 Å². The van der Waals surface area contributed by atoms with E-state index in [0.717, 1.165) is 24.3 Å². The van der Waals surface area contributed by atoms with Gasteiger partial charge in [0, 0.05) is 0 Å². The summed E-state index contributed by atoms with van der Waals surface area (Å²) < 4.78 is 79.0. The SMILES string of the molecule is [O]c1ccc(OC(F)(F)C(F)OC(F)(F)F)cc1. The van der Waals surface area contributed by atoms with E-state index in [4.69, 9.17) is 0 Å². The monoisotopic (exact) mass is 275 g/mol. The van der Waals surface area contributed by atoms with E-state index in [2.05, 4.69) is 9.47 Å². The smallest absolute Gasteiger partial charge is 0.429 e. The number of alkyl halides is 6. The molecule has 1 radical (unpaired) electrons. The number of hydrogen-bond donors (Lipinski definition) is 0. The second-order valence-electron chi connectivity index (χ2n) is 3.01. The summed E-state index contributed by atoms with van der Waals surface area (Å²) in [5.74, 6) is -1.21. The van der Waals surface area contributed by atoms with Gasteiger partial charge in [-0.2, -0.15) is 8.78 Å². The standard InChI is InChI=1S/C9H5F6O3/c10-7(18-9(13,14)15)8(11,12)17-6-3-1-5(16)2-4-6/h1-4,7H. The second kappa shape index (κ2) is 4.92. The van der Waals surface area contributed by atoms with Crippen LogP contribution in [0.15, 0.2) is 24.3 Å². The van der Waals surface area contributed by atoms with Gasteiger partial charge in [-0.1, -0.05) is 0 Å². The molecule has 0 aliphatic rings. The maximum Gasteiger partial charge on any atom is 0.525 e. The van der Waals surface area contributed by atoms with E-state index < -0.39 is 30.3 Å². The zero-order chi connectivity index (χ0) is 14.0. The summed E-state index contributed by atoms with van der Waals surface area (Å²) in [6.07, 6.45) is -14.4. The van der Waals surface area contributed by atoms with Crippen molar-refractivity contribution >= 4 is 0 Å². The molecule has 0 bridgehead atoms. The molecule has 0 saturated heterocycles. The third-order valence-corrected chi connectivity index (χ3v) is 1.58. The molecule has 1 rings (SSSR count). The van der Waals surface area contributed by atoms with Crippen molar-refractivity contribution in [2.75, 3.05) is 0 Å². The lowest BCUT2D eigenvalue weighted by Crippen LogP contribution is -2.41. The van der Waals surface area contributed by atoms with Crippen LogP contribution in [-0.2, 0) is 9.84 Å². The van der Waals surface area contributed by atoms with Crippen molar-refractivity contribution in [1.82, 2.24) is 0 Å². The van der Waals surface area contributed by atoms with Gasteiger partial charge in [0.15, 0.2) is 5.75 Å². The van der Waals surface area contributed by atoms with Crippen LogP contribution in [0.2, 0.25) is 0 Å². The summed E-state index contributed by atoms with van der Waals surface area (Å²) in [6, 6.07) is 3.17. The van der Waals surface area contributed by atoms with E-state index in [1.807, 2.05) is 0 Å². The Morgan fingerprint density at radius 3 is 1.94 bits per heavy atom. The predicted molar refractivity (Wildman–Crippen MR) is 44.2 cm³/mol. The van der Waals surface area contributed by atoms with Gasteiger partial charge in [-0.15, -0.1) is 13.2 Å². The molecule has 0 heterocycles. The minimum absolute atomic E-state index is 0.533. The van der Waals surface area contributed by atoms with Crippen LogP contribution in [0.4, 0.5) is 26.3 Å². The van der Waals surface area contributed by atoms with Crippen LogP contribution in [0.3, 0.4) is 0 Å². The van der Waals surface area contributed by atoms with Crippen molar-refractivity contribution in [3.63, 3.8) is 0 Å². The fourth-order valence-electron chi connectivity index (χ4n) is 0.897. The highest BCUT2D eigenvalue weighted by Crippen LogP contribution is 2.32. The molecule has 0 aliphatic carbocycles. The van der Waals surface area contributed by atoms with Crippen LogP contribution in [0, 0.1) is 0 Å². The Kier molecular flexibility index (Phi) is 3.95. The number of hydrogen-bond acceptors (Lipinski definition) is 2. The van der Waals surface area contributed by atoms with Gasteiger partial charge in [0.1, 0.15) is 5.75 Å². The molecule has 0 amide bonds. The van der Waals surface area contributed by atoms with E-state index in [-0.39, 0.29) is 0 Å². The summed E-state index contributed by atoms with van der Waals surface area (Å²) in [5, 5.41) is 10.6. The number of benzene rings is 1. The molecule has 1 aromatic rings. The Labute approximate surface area is 96.5 Å². The van der Waals surface area contributed by atoms with E-state index in [0.29, 0.717) is 0 Å². The molecule has 0 fully saturated rings. The molecular weight excluding hydrogens is 270 g/mol. The van der Waals surface area contributed by atoms with Crippen LogP contribution >= 0.6 is 0 Å². The van der Waals surface area contributed by atoms with Crippen LogP contribution < -0.4 is 4.74 Å². The topological polar surface area (TPSA) is 38.4 Å². The molecule has 1 atom stereocenters. The molecule has 0 saturated carbocycles. The van der Waals surface area contributed by atoms with Crippen LogP contribution in [0.5, 0.6) is 11.5 Å². The first-order valence-corrected chi connectivity index (χ1v) is 4.33. The predicted octanol–water partition coefficient (Wildman–Crippen LogP) is 3.63. The van der Waals surface area contributed by atoms with Crippen molar-refractivity contribution in [2.24, 2.45) is 0 Å². The minimum atomic E-state index is -5.56. The van der Waals surface area contributed by atoms with Crippen molar-refractivity contribution in [2.45, 2.75) is 18.8 Å². The Morgan fingerprint density at radius 2 is 1.50 bits per heavy atom. The number of halogens is 6. The van der Waals surface area contributed by atoms with Gasteiger partial charge in [-0.25, -0.2) is 9.13 Å². The molecule has 0 aromatic heterocycles. The van der Waals surface area contributed by atoms with E-state index >= 15 is 0 Å². The Balaban J connectivity index is 2.71. The van der Waals surface area contributed by atoms with Crippen molar-refractivity contribution in [1.29, 1.82) is 0 Å². The largest absolute Gasteiger partial charge is 0.525 e. The molecule has 101 valence electrons. The van der Waals surface area contributed by atoms with Crippen molar-refractivity contribution < 1.29 is 40.9 Å². The lowest BCUT2D eigenvalue weighted by Gasteiger charge is -2.22. The molecule has 1 unspecified atom stereocenters. The van der Waals surface area contributed by atoms with Gasteiger partial charge in [0.2, 0.25) is 0 Å². The first kappa shape index (κ1) is 14.4. The van der Waals surface area contributed by atoms with Crippen LogP contribution in [0.1, 0.15) is 0 Å². The molecule has 9 heteroatoms.